The van der Waals surface area contributed by atoms with Gasteiger partial charge in [0.25, 0.3) is 0 Å². The third kappa shape index (κ3) is 3.87. The van der Waals surface area contributed by atoms with Gasteiger partial charge < -0.3 is 4.74 Å². The standard InChI is InChI=1S/C21H22ClN5O/c1-14(2)13-28-19-8-7-17(22)11-16(19)12-27-15(3)10-18(24-27)21-23-20-6-4-5-9-26(20)25-21/h4-11,14H,12-13H2,1-3H3. The van der Waals surface area contributed by atoms with E-state index in [1.54, 1.807) is 4.52 Å². The average molecular weight is 396 g/mol. The summed E-state index contributed by atoms with van der Waals surface area (Å²) in [6, 6.07) is 13.5. The van der Waals surface area contributed by atoms with E-state index >= 15 is 0 Å². The molecule has 6 nitrogen and oxygen atoms in total. The van der Waals surface area contributed by atoms with Crippen molar-refractivity contribution in [3.63, 3.8) is 0 Å². The first-order valence-electron chi connectivity index (χ1n) is 9.27. The van der Waals surface area contributed by atoms with Crippen molar-refractivity contribution in [2.24, 2.45) is 5.92 Å². The van der Waals surface area contributed by atoms with Gasteiger partial charge in [-0.25, -0.2) is 9.50 Å². The Kier molecular flexibility index (Phi) is 5.05. The molecule has 0 bridgehead atoms. The van der Waals surface area contributed by atoms with Crippen molar-refractivity contribution >= 4 is 17.2 Å². The largest absolute Gasteiger partial charge is 0.493 e. The van der Waals surface area contributed by atoms with E-state index in [1.165, 1.54) is 0 Å². The van der Waals surface area contributed by atoms with Gasteiger partial charge in [-0.05, 0) is 49.2 Å². The fourth-order valence-corrected chi connectivity index (χ4v) is 3.14. The summed E-state index contributed by atoms with van der Waals surface area (Å²) in [4.78, 5) is 4.56. The maximum absolute atomic E-state index is 6.22. The summed E-state index contributed by atoms with van der Waals surface area (Å²) in [7, 11) is 0. The minimum atomic E-state index is 0.447. The summed E-state index contributed by atoms with van der Waals surface area (Å²) >= 11 is 6.22. The van der Waals surface area contributed by atoms with Gasteiger partial charge in [0, 0.05) is 22.5 Å². The molecule has 0 saturated heterocycles. The van der Waals surface area contributed by atoms with Crippen LogP contribution in [0, 0.1) is 12.8 Å². The molecular weight excluding hydrogens is 374 g/mol. The van der Waals surface area contributed by atoms with E-state index in [2.05, 4.69) is 23.9 Å². The van der Waals surface area contributed by atoms with Crippen LogP contribution in [0.3, 0.4) is 0 Å². The second-order valence-electron chi connectivity index (χ2n) is 7.22. The normalized spacial score (nSPS) is 11.5. The highest BCUT2D eigenvalue weighted by Crippen LogP contribution is 2.25. The van der Waals surface area contributed by atoms with E-state index in [4.69, 9.17) is 21.4 Å². The Morgan fingerprint density at radius 2 is 1.96 bits per heavy atom. The van der Waals surface area contributed by atoms with E-state index in [0.717, 1.165) is 28.3 Å². The Morgan fingerprint density at radius 3 is 2.75 bits per heavy atom. The first kappa shape index (κ1) is 18.5. The lowest BCUT2D eigenvalue weighted by Crippen LogP contribution is -2.09. The van der Waals surface area contributed by atoms with Gasteiger partial charge in [0.15, 0.2) is 5.65 Å². The van der Waals surface area contributed by atoms with Crippen molar-refractivity contribution in [2.75, 3.05) is 6.61 Å². The number of nitrogens with zero attached hydrogens (tertiary/aromatic N) is 5. The highest BCUT2D eigenvalue weighted by Gasteiger charge is 2.14. The number of ether oxygens (including phenoxy) is 1. The van der Waals surface area contributed by atoms with Crippen molar-refractivity contribution in [1.29, 1.82) is 0 Å². The van der Waals surface area contributed by atoms with E-state index in [9.17, 15) is 0 Å². The zero-order valence-electron chi connectivity index (χ0n) is 16.1. The fourth-order valence-electron chi connectivity index (χ4n) is 2.95. The van der Waals surface area contributed by atoms with E-state index in [1.807, 2.05) is 60.3 Å². The van der Waals surface area contributed by atoms with Crippen LogP contribution >= 0.6 is 11.6 Å². The van der Waals surface area contributed by atoms with Crippen LogP contribution in [0.15, 0.2) is 48.7 Å². The quantitative estimate of drug-likeness (QED) is 0.477. The van der Waals surface area contributed by atoms with Crippen molar-refractivity contribution < 1.29 is 4.74 Å². The molecule has 4 rings (SSSR count). The maximum atomic E-state index is 6.22. The van der Waals surface area contributed by atoms with Crippen molar-refractivity contribution in [3.05, 3.63) is 64.9 Å². The number of aryl methyl sites for hydroxylation is 1. The third-order valence-corrected chi connectivity index (χ3v) is 4.60. The molecule has 0 atom stereocenters. The topological polar surface area (TPSA) is 57.2 Å². The number of rotatable bonds is 6. The Morgan fingerprint density at radius 1 is 1.11 bits per heavy atom. The number of benzene rings is 1. The lowest BCUT2D eigenvalue weighted by Gasteiger charge is -2.14. The number of hydrogen-bond donors (Lipinski definition) is 0. The van der Waals surface area contributed by atoms with Crippen LogP contribution in [0.1, 0.15) is 25.1 Å². The summed E-state index contributed by atoms with van der Waals surface area (Å²) in [5, 5.41) is 9.90. The highest BCUT2D eigenvalue weighted by molar-refractivity contribution is 6.30. The van der Waals surface area contributed by atoms with Crippen molar-refractivity contribution in [1.82, 2.24) is 24.4 Å². The van der Waals surface area contributed by atoms with Gasteiger partial charge in [-0.15, -0.1) is 5.10 Å². The van der Waals surface area contributed by atoms with Gasteiger partial charge >= 0.3 is 0 Å². The van der Waals surface area contributed by atoms with E-state index < -0.39 is 0 Å². The van der Waals surface area contributed by atoms with Gasteiger partial charge in [-0.1, -0.05) is 31.5 Å². The number of fused-ring (bicyclic) bond motifs is 1. The molecule has 0 aliphatic carbocycles. The van der Waals surface area contributed by atoms with Crippen LogP contribution in [-0.2, 0) is 6.54 Å². The lowest BCUT2D eigenvalue weighted by molar-refractivity contribution is 0.268. The summed E-state index contributed by atoms with van der Waals surface area (Å²) < 4.78 is 9.64. The van der Waals surface area contributed by atoms with Crippen LogP contribution in [0.2, 0.25) is 5.02 Å². The Bertz CT molecular complexity index is 1080. The summed E-state index contributed by atoms with van der Waals surface area (Å²) in [5.74, 6) is 1.89. The molecule has 0 saturated carbocycles. The Balaban J connectivity index is 1.63. The lowest BCUT2D eigenvalue weighted by atomic mass is 10.2. The molecule has 0 aliphatic rings. The predicted molar refractivity (Wildman–Crippen MR) is 110 cm³/mol. The van der Waals surface area contributed by atoms with Crippen LogP contribution in [0.25, 0.3) is 17.2 Å². The molecule has 0 fully saturated rings. The summed E-state index contributed by atoms with van der Waals surface area (Å²) in [6.45, 7) is 7.49. The first-order chi connectivity index (χ1) is 13.5. The molecule has 0 aliphatic heterocycles. The molecule has 144 valence electrons. The van der Waals surface area contributed by atoms with Gasteiger partial charge in [-0.3, -0.25) is 4.68 Å². The van der Waals surface area contributed by atoms with Gasteiger partial charge in [0.1, 0.15) is 11.4 Å². The SMILES string of the molecule is Cc1cc(-c2nc3ccccn3n2)nn1Cc1cc(Cl)ccc1OCC(C)C. The number of halogens is 1. The van der Waals surface area contributed by atoms with E-state index in [-0.39, 0.29) is 0 Å². The van der Waals surface area contributed by atoms with Crippen molar-refractivity contribution in [3.8, 4) is 17.3 Å². The molecule has 0 N–H and O–H groups in total. The monoisotopic (exact) mass is 395 g/mol. The molecule has 7 heteroatoms. The smallest absolute Gasteiger partial charge is 0.202 e. The average Bonchev–Trinajstić information content (AvgIpc) is 3.24. The highest BCUT2D eigenvalue weighted by atomic mass is 35.5. The van der Waals surface area contributed by atoms with Crippen LogP contribution in [0.5, 0.6) is 5.75 Å². The van der Waals surface area contributed by atoms with Crippen LogP contribution in [0.4, 0.5) is 0 Å². The zero-order valence-corrected chi connectivity index (χ0v) is 16.9. The minimum absolute atomic E-state index is 0.447. The third-order valence-electron chi connectivity index (χ3n) is 4.37. The van der Waals surface area contributed by atoms with Gasteiger partial charge in [-0.2, -0.15) is 5.10 Å². The summed E-state index contributed by atoms with van der Waals surface area (Å²) in [6.07, 6.45) is 1.87. The molecule has 0 spiro atoms. The minimum Gasteiger partial charge on any atom is -0.493 e. The Labute approximate surface area is 168 Å². The van der Waals surface area contributed by atoms with Crippen LogP contribution in [-0.4, -0.2) is 31.0 Å². The van der Waals surface area contributed by atoms with Gasteiger partial charge in [0.05, 0.1) is 13.2 Å². The molecule has 0 amide bonds. The number of hydrogen-bond acceptors (Lipinski definition) is 4. The fraction of sp³-hybridized carbons (Fsp3) is 0.286. The first-order valence-corrected chi connectivity index (χ1v) is 9.65. The van der Waals surface area contributed by atoms with E-state index in [0.29, 0.717) is 29.9 Å². The number of aromatic nitrogens is 5. The van der Waals surface area contributed by atoms with Crippen molar-refractivity contribution in [2.45, 2.75) is 27.3 Å². The second-order valence-corrected chi connectivity index (χ2v) is 7.66. The van der Waals surface area contributed by atoms with Crippen LogP contribution < -0.4 is 4.74 Å². The molecule has 3 heterocycles. The second kappa shape index (κ2) is 7.64. The molecule has 0 radical (unpaired) electrons. The molecule has 0 unspecified atom stereocenters. The van der Waals surface area contributed by atoms with Gasteiger partial charge in [0.2, 0.25) is 5.82 Å². The Hall–Kier alpha value is -2.86. The molecule has 28 heavy (non-hydrogen) atoms. The summed E-state index contributed by atoms with van der Waals surface area (Å²) in [5.41, 5.74) is 3.55. The predicted octanol–water partition coefficient (Wildman–Crippen LogP) is 4.64. The maximum Gasteiger partial charge on any atom is 0.202 e. The molecule has 3 aromatic heterocycles. The molecular formula is C21H22ClN5O. The molecule has 1 aromatic carbocycles. The molecule has 4 aromatic rings. The zero-order chi connectivity index (χ0) is 19.7. The number of pyridine rings is 1.